The predicted molar refractivity (Wildman–Crippen MR) is 159 cm³/mol. The maximum atomic E-state index is 14.7. The average molecular weight is 564 g/mol. The number of hydrogen-bond donors (Lipinski definition) is 0. The number of nitrogens with zero attached hydrogens (tertiary/aromatic N) is 3. The zero-order valence-electron chi connectivity index (χ0n) is 22.7. The standard InChI is InChI=1S/C32H25N3O5S/c1-5-13-34-23-10-8-7-9-21(23)32(30(34)38)26-27(36)20-14-17(3)18(4)15-24(20)40-28(26)29(37)35(32)31-33-22-12-11-19(39-6-2)16-25(22)41-31/h5,7-12,14-16H,1,6,13H2,2-4H3. The lowest BCUT2D eigenvalue weighted by molar-refractivity contribution is -0.121. The Hall–Kier alpha value is -4.76. The minimum Gasteiger partial charge on any atom is -0.494 e. The second kappa shape index (κ2) is 8.87. The highest BCUT2D eigenvalue weighted by atomic mass is 32.1. The summed E-state index contributed by atoms with van der Waals surface area (Å²) in [5.74, 6) is -0.502. The Morgan fingerprint density at radius 2 is 1.85 bits per heavy atom. The van der Waals surface area contributed by atoms with Crippen LogP contribution >= 0.6 is 11.3 Å². The molecule has 0 bridgehead atoms. The Morgan fingerprint density at radius 3 is 2.63 bits per heavy atom. The summed E-state index contributed by atoms with van der Waals surface area (Å²) in [5.41, 5.74) is 1.69. The molecule has 0 saturated heterocycles. The summed E-state index contributed by atoms with van der Waals surface area (Å²) in [5, 5.41) is 0.600. The number of aryl methyl sites for hydroxylation is 2. The normalized spacial score (nSPS) is 17.6. The van der Waals surface area contributed by atoms with Gasteiger partial charge in [-0.3, -0.25) is 19.3 Å². The van der Waals surface area contributed by atoms with Crippen molar-refractivity contribution >= 4 is 55.2 Å². The Morgan fingerprint density at radius 1 is 1.07 bits per heavy atom. The van der Waals surface area contributed by atoms with Crippen LogP contribution in [-0.4, -0.2) is 29.9 Å². The molecule has 5 aromatic rings. The fraction of sp³-hybridized carbons (Fsp3) is 0.188. The molecule has 41 heavy (non-hydrogen) atoms. The van der Waals surface area contributed by atoms with Crippen LogP contribution in [0.4, 0.5) is 10.8 Å². The quantitative estimate of drug-likeness (QED) is 0.249. The topological polar surface area (TPSA) is 93.0 Å². The van der Waals surface area contributed by atoms with Crippen molar-refractivity contribution in [2.45, 2.75) is 26.3 Å². The van der Waals surface area contributed by atoms with Crippen LogP contribution in [0.1, 0.15) is 39.7 Å². The molecule has 3 aromatic carbocycles. The Labute approximate surface area is 239 Å². The minimum absolute atomic E-state index is 0.0107. The first-order valence-electron chi connectivity index (χ1n) is 13.3. The van der Waals surface area contributed by atoms with E-state index in [0.717, 1.165) is 15.8 Å². The van der Waals surface area contributed by atoms with E-state index in [-0.39, 0.29) is 23.0 Å². The van der Waals surface area contributed by atoms with Gasteiger partial charge in [-0.25, -0.2) is 4.98 Å². The van der Waals surface area contributed by atoms with E-state index in [9.17, 15) is 14.4 Å². The van der Waals surface area contributed by atoms with Crippen LogP contribution in [0.5, 0.6) is 5.75 Å². The highest BCUT2D eigenvalue weighted by Crippen LogP contribution is 2.54. The lowest BCUT2D eigenvalue weighted by Gasteiger charge is -2.32. The van der Waals surface area contributed by atoms with Gasteiger partial charge in [0, 0.05) is 12.1 Å². The molecule has 8 nitrogen and oxygen atoms in total. The number of amides is 2. The lowest BCUT2D eigenvalue weighted by Crippen LogP contribution is -2.53. The summed E-state index contributed by atoms with van der Waals surface area (Å²) in [6.07, 6.45) is 1.62. The molecular weight excluding hydrogens is 538 g/mol. The van der Waals surface area contributed by atoms with Gasteiger partial charge in [0.1, 0.15) is 11.3 Å². The molecule has 2 aromatic heterocycles. The number of aromatic nitrogens is 1. The molecule has 1 unspecified atom stereocenters. The molecule has 2 amide bonds. The van der Waals surface area contributed by atoms with Crippen molar-refractivity contribution in [3.05, 3.63) is 105 Å². The fourth-order valence-corrected chi connectivity index (χ4v) is 7.02. The minimum atomic E-state index is -1.80. The lowest BCUT2D eigenvalue weighted by atomic mass is 9.84. The first kappa shape index (κ1) is 25.2. The van der Waals surface area contributed by atoms with Gasteiger partial charge in [-0.2, -0.15) is 0 Å². The number of carbonyl (C=O) groups is 2. The molecule has 9 heteroatoms. The number of rotatable bonds is 5. The van der Waals surface area contributed by atoms with Crippen LogP contribution in [0.25, 0.3) is 21.2 Å². The summed E-state index contributed by atoms with van der Waals surface area (Å²) in [6, 6.07) is 16.2. The van der Waals surface area contributed by atoms with Gasteiger partial charge in [0.25, 0.3) is 11.8 Å². The highest BCUT2D eigenvalue weighted by Gasteiger charge is 2.66. The van der Waals surface area contributed by atoms with Crippen molar-refractivity contribution in [2.24, 2.45) is 0 Å². The molecule has 0 radical (unpaired) electrons. The Bertz CT molecular complexity index is 2030. The number of carbonyl (C=O) groups excluding carboxylic acids is 2. The van der Waals surface area contributed by atoms with Gasteiger partial charge in [-0.15, -0.1) is 6.58 Å². The van der Waals surface area contributed by atoms with Crippen LogP contribution < -0.4 is 20.0 Å². The second-order valence-corrected chi connectivity index (χ2v) is 11.2. The summed E-state index contributed by atoms with van der Waals surface area (Å²) in [4.78, 5) is 51.2. The second-order valence-electron chi connectivity index (χ2n) is 10.2. The van der Waals surface area contributed by atoms with E-state index in [4.69, 9.17) is 14.1 Å². The van der Waals surface area contributed by atoms with Crippen LogP contribution in [0.2, 0.25) is 0 Å². The summed E-state index contributed by atoms with van der Waals surface area (Å²) in [6.45, 7) is 10.3. The van der Waals surface area contributed by atoms with E-state index in [2.05, 4.69) is 6.58 Å². The van der Waals surface area contributed by atoms with Gasteiger partial charge >= 0.3 is 0 Å². The van der Waals surface area contributed by atoms with Gasteiger partial charge in [0.2, 0.25) is 5.76 Å². The van der Waals surface area contributed by atoms with Gasteiger partial charge in [-0.05, 0) is 68.3 Å². The van der Waals surface area contributed by atoms with Crippen molar-refractivity contribution in [1.82, 2.24) is 4.98 Å². The molecule has 0 aliphatic carbocycles. The van der Waals surface area contributed by atoms with Gasteiger partial charge in [0.05, 0.1) is 33.5 Å². The third-order valence-electron chi connectivity index (χ3n) is 7.90. The number of fused-ring (bicyclic) bond motifs is 6. The third-order valence-corrected chi connectivity index (χ3v) is 8.91. The van der Waals surface area contributed by atoms with Crippen LogP contribution in [-0.2, 0) is 10.3 Å². The largest absolute Gasteiger partial charge is 0.494 e. The molecule has 2 aliphatic heterocycles. The average Bonchev–Trinajstić information content (AvgIpc) is 3.56. The van der Waals surface area contributed by atoms with Gasteiger partial charge < -0.3 is 14.1 Å². The van der Waals surface area contributed by atoms with E-state index < -0.39 is 22.8 Å². The number of thiazole rings is 1. The summed E-state index contributed by atoms with van der Waals surface area (Å²) in [7, 11) is 0. The van der Waals surface area contributed by atoms with E-state index in [1.54, 1.807) is 35.2 Å². The molecule has 4 heterocycles. The number of ether oxygens (including phenoxy) is 1. The maximum absolute atomic E-state index is 14.7. The fourth-order valence-electron chi connectivity index (χ4n) is 5.97. The zero-order valence-corrected chi connectivity index (χ0v) is 23.5. The van der Waals surface area contributed by atoms with Crippen LogP contribution in [0.15, 0.2) is 76.5 Å². The first-order valence-corrected chi connectivity index (χ1v) is 14.1. The van der Waals surface area contributed by atoms with Crippen molar-refractivity contribution < 1.29 is 18.7 Å². The van der Waals surface area contributed by atoms with Crippen molar-refractivity contribution in [3.63, 3.8) is 0 Å². The molecule has 204 valence electrons. The third kappa shape index (κ3) is 3.26. The molecule has 0 fully saturated rings. The van der Waals surface area contributed by atoms with Crippen molar-refractivity contribution in [1.29, 1.82) is 0 Å². The number of benzene rings is 3. The Balaban J connectivity index is 1.59. The van der Waals surface area contributed by atoms with Crippen molar-refractivity contribution in [3.8, 4) is 5.75 Å². The molecule has 1 atom stereocenters. The molecule has 2 aliphatic rings. The van der Waals surface area contributed by atoms with E-state index in [1.807, 2.05) is 51.1 Å². The smallest absolute Gasteiger partial charge is 0.297 e. The van der Waals surface area contributed by atoms with Crippen LogP contribution in [0.3, 0.4) is 0 Å². The van der Waals surface area contributed by atoms with Gasteiger partial charge in [-0.1, -0.05) is 35.6 Å². The van der Waals surface area contributed by atoms with Crippen molar-refractivity contribution in [2.75, 3.05) is 23.0 Å². The number of hydrogen-bond acceptors (Lipinski definition) is 7. The monoisotopic (exact) mass is 563 g/mol. The first-order chi connectivity index (χ1) is 19.8. The molecular formula is C32H25N3O5S. The summed E-state index contributed by atoms with van der Waals surface area (Å²) >= 11 is 1.26. The molecule has 0 saturated carbocycles. The molecule has 7 rings (SSSR count). The number of anilines is 2. The summed E-state index contributed by atoms with van der Waals surface area (Å²) < 4.78 is 12.7. The predicted octanol–water partition coefficient (Wildman–Crippen LogP) is 5.85. The van der Waals surface area contributed by atoms with Gasteiger partial charge in [0.15, 0.2) is 16.1 Å². The van der Waals surface area contributed by atoms with E-state index in [1.165, 1.54) is 16.2 Å². The SMILES string of the molecule is C=CCN1C(=O)C2(c3ccccc31)c1c(oc3cc(C)c(C)cc3c1=O)C(=O)N2c1nc2ccc(OCC)cc2s1. The Kier molecular flexibility index (Phi) is 5.46. The zero-order chi connectivity index (χ0) is 28.6. The maximum Gasteiger partial charge on any atom is 0.297 e. The molecule has 1 spiro atoms. The molecule has 0 N–H and O–H groups in total. The van der Waals surface area contributed by atoms with E-state index in [0.29, 0.717) is 40.1 Å². The highest BCUT2D eigenvalue weighted by molar-refractivity contribution is 7.22. The van der Waals surface area contributed by atoms with E-state index >= 15 is 0 Å². The number of para-hydroxylation sites is 1. The van der Waals surface area contributed by atoms with Crippen LogP contribution in [0, 0.1) is 13.8 Å².